The van der Waals surface area contributed by atoms with Crippen molar-refractivity contribution in [2.75, 3.05) is 0 Å². The zero-order valence-electron chi connectivity index (χ0n) is 9.90. The van der Waals surface area contributed by atoms with E-state index in [0.29, 0.717) is 12.0 Å². The molecule has 0 aliphatic heterocycles. The molecule has 1 atom stereocenters. The number of nitrogens with two attached hydrogens (primary N) is 1. The summed E-state index contributed by atoms with van der Waals surface area (Å²) in [6.07, 6.45) is 0.646. The molecule has 2 rings (SSSR count). The molecule has 17 heavy (non-hydrogen) atoms. The van der Waals surface area contributed by atoms with Crippen LogP contribution in [-0.2, 0) is 6.42 Å². The fraction of sp³-hybridized carbons (Fsp3) is 0.308. The van der Waals surface area contributed by atoms with Gasteiger partial charge in [0.1, 0.15) is 5.82 Å². The van der Waals surface area contributed by atoms with Gasteiger partial charge in [-0.1, -0.05) is 12.1 Å². The first-order valence-electron chi connectivity index (χ1n) is 5.49. The van der Waals surface area contributed by atoms with E-state index in [2.05, 4.69) is 4.98 Å². The van der Waals surface area contributed by atoms with Gasteiger partial charge >= 0.3 is 0 Å². The summed E-state index contributed by atoms with van der Waals surface area (Å²) in [6.45, 7) is 3.71. The molecular weight excluding hydrogens is 235 g/mol. The predicted octanol–water partition coefficient (Wildman–Crippen LogP) is 3.14. The number of benzene rings is 1. The number of thiazole rings is 1. The van der Waals surface area contributed by atoms with Crippen LogP contribution in [0.15, 0.2) is 23.6 Å². The van der Waals surface area contributed by atoms with Crippen LogP contribution in [-0.4, -0.2) is 4.98 Å². The number of aromatic nitrogens is 1. The lowest BCUT2D eigenvalue weighted by atomic mass is 10.0. The Balaban J connectivity index is 2.14. The number of nitrogens with zero attached hydrogens (tertiary/aromatic N) is 1. The second-order valence-electron chi connectivity index (χ2n) is 4.18. The fourth-order valence-corrected chi connectivity index (χ4v) is 2.31. The van der Waals surface area contributed by atoms with E-state index in [1.807, 2.05) is 18.4 Å². The van der Waals surface area contributed by atoms with Crippen molar-refractivity contribution in [2.24, 2.45) is 5.73 Å². The highest BCUT2D eigenvalue weighted by Gasteiger charge is 2.10. The average molecular weight is 250 g/mol. The van der Waals surface area contributed by atoms with Crippen molar-refractivity contribution >= 4 is 11.3 Å². The molecule has 4 heteroatoms. The van der Waals surface area contributed by atoms with E-state index in [-0.39, 0.29) is 11.9 Å². The molecule has 1 aromatic heterocycles. The van der Waals surface area contributed by atoms with Crippen LogP contribution in [0.5, 0.6) is 0 Å². The molecule has 2 aromatic rings. The number of rotatable bonds is 3. The summed E-state index contributed by atoms with van der Waals surface area (Å²) < 4.78 is 13.4. The van der Waals surface area contributed by atoms with Crippen LogP contribution in [0.2, 0.25) is 0 Å². The first-order chi connectivity index (χ1) is 8.06. The summed E-state index contributed by atoms with van der Waals surface area (Å²) >= 11 is 1.61. The Labute approximate surface area is 104 Å². The van der Waals surface area contributed by atoms with E-state index in [1.165, 1.54) is 6.07 Å². The molecule has 0 fully saturated rings. The maximum absolute atomic E-state index is 13.4. The molecule has 0 saturated carbocycles. The molecule has 0 spiro atoms. The lowest BCUT2D eigenvalue weighted by molar-refractivity contribution is 0.609. The zero-order chi connectivity index (χ0) is 12.4. The third-order valence-electron chi connectivity index (χ3n) is 2.72. The van der Waals surface area contributed by atoms with Gasteiger partial charge in [0, 0.05) is 17.8 Å². The van der Waals surface area contributed by atoms with Gasteiger partial charge in [0.2, 0.25) is 0 Å². The second-order valence-corrected chi connectivity index (χ2v) is 5.24. The largest absolute Gasteiger partial charge is 0.324 e. The Morgan fingerprint density at radius 1 is 1.41 bits per heavy atom. The molecule has 0 amide bonds. The standard InChI is InChI=1S/C13H15FN2S/c1-8-3-4-10(5-12(8)14)13(15)6-11-7-17-9(2)16-11/h3-5,7,13H,6,15H2,1-2H3. The molecule has 1 heterocycles. The highest BCUT2D eigenvalue weighted by molar-refractivity contribution is 7.09. The number of halogens is 1. The minimum Gasteiger partial charge on any atom is -0.324 e. The first-order valence-corrected chi connectivity index (χ1v) is 6.37. The predicted molar refractivity (Wildman–Crippen MR) is 68.6 cm³/mol. The van der Waals surface area contributed by atoms with E-state index in [0.717, 1.165) is 16.3 Å². The minimum atomic E-state index is -0.202. The van der Waals surface area contributed by atoms with Gasteiger partial charge < -0.3 is 5.73 Å². The van der Waals surface area contributed by atoms with Crippen LogP contribution in [0, 0.1) is 19.7 Å². The van der Waals surface area contributed by atoms with Crippen LogP contribution in [0.3, 0.4) is 0 Å². The van der Waals surface area contributed by atoms with Gasteiger partial charge in [0.25, 0.3) is 0 Å². The Morgan fingerprint density at radius 2 is 2.18 bits per heavy atom. The van der Waals surface area contributed by atoms with Crippen molar-refractivity contribution in [1.82, 2.24) is 4.98 Å². The molecule has 0 bridgehead atoms. The summed E-state index contributed by atoms with van der Waals surface area (Å²) in [6, 6.07) is 4.95. The van der Waals surface area contributed by atoms with Crippen LogP contribution in [0.4, 0.5) is 4.39 Å². The molecular formula is C13H15FN2S. The van der Waals surface area contributed by atoms with Crippen molar-refractivity contribution in [3.05, 3.63) is 51.2 Å². The Kier molecular flexibility index (Phi) is 3.54. The molecule has 2 nitrogen and oxygen atoms in total. The van der Waals surface area contributed by atoms with Crippen LogP contribution >= 0.6 is 11.3 Å². The van der Waals surface area contributed by atoms with Crippen LogP contribution in [0.1, 0.15) is 27.9 Å². The fourth-order valence-electron chi connectivity index (χ4n) is 1.68. The van der Waals surface area contributed by atoms with Crippen molar-refractivity contribution in [2.45, 2.75) is 26.3 Å². The summed E-state index contributed by atoms with van der Waals surface area (Å²) in [4.78, 5) is 4.36. The van der Waals surface area contributed by atoms with Gasteiger partial charge in [-0.15, -0.1) is 11.3 Å². The highest BCUT2D eigenvalue weighted by Crippen LogP contribution is 2.19. The monoisotopic (exact) mass is 250 g/mol. The third kappa shape index (κ3) is 2.90. The second kappa shape index (κ2) is 4.94. The Hall–Kier alpha value is -1.26. The van der Waals surface area contributed by atoms with Crippen molar-refractivity contribution in [3.63, 3.8) is 0 Å². The van der Waals surface area contributed by atoms with Gasteiger partial charge in [-0.3, -0.25) is 0 Å². The molecule has 0 saturated heterocycles. The quantitative estimate of drug-likeness (QED) is 0.909. The molecule has 1 aromatic carbocycles. The summed E-state index contributed by atoms with van der Waals surface area (Å²) in [7, 11) is 0. The third-order valence-corrected chi connectivity index (χ3v) is 3.54. The summed E-state index contributed by atoms with van der Waals surface area (Å²) in [5, 5.41) is 3.03. The number of hydrogen-bond acceptors (Lipinski definition) is 3. The molecule has 1 unspecified atom stereocenters. The maximum atomic E-state index is 13.4. The van der Waals surface area contributed by atoms with E-state index >= 15 is 0 Å². The first kappa shape index (κ1) is 12.2. The Morgan fingerprint density at radius 3 is 2.76 bits per heavy atom. The topological polar surface area (TPSA) is 38.9 Å². The van der Waals surface area contributed by atoms with E-state index in [4.69, 9.17) is 5.73 Å². The van der Waals surface area contributed by atoms with Gasteiger partial charge in [-0.25, -0.2) is 9.37 Å². The lowest BCUT2D eigenvalue weighted by Crippen LogP contribution is -2.14. The highest BCUT2D eigenvalue weighted by atomic mass is 32.1. The molecule has 0 aliphatic rings. The minimum absolute atomic E-state index is 0.201. The lowest BCUT2D eigenvalue weighted by Gasteiger charge is -2.11. The average Bonchev–Trinajstić information content (AvgIpc) is 2.68. The molecule has 90 valence electrons. The van der Waals surface area contributed by atoms with Crippen LogP contribution < -0.4 is 5.73 Å². The SMILES string of the molecule is Cc1nc(CC(N)c2ccc(C)c(F)c2)cs1. The maximum Gasteiger partial charge on any atom is 0.126 e. The molecule has 0 aliphatic carbocycles. The van der Waals surface area contributed by atoms with Gasteiger partial charge in [-0.2, -0.15) is 0 Å². The van der Waals surface area contributed by atoms with Crippen LogP contribution in [0.25, 0.3) is 0 Å². The summed E-state index contributed by atoms with van der Waals surface area (Å²) in [5.74, 6) is -0.201. The zero-order valence-corrected chi connectivity index (χ0v) is 10.7. The van der Waals surface area contributed by atoms with Gasteiger partial charge in [-0.05, 0) is 31.0 Å². The number of hydrogen-bond donors (Lipinski definition) is 1. The van der Waals surface area contributed by atoms with E-state index in [1.54, 1.807) is 24.3 Å². The van der Waals surface area contributed by atoms with Gasteiger partial charge in [0.05, 0.1) is 10.7 Å². The Bertz CT molecular complexity index is 522. The van der Waals surface area contributed by atoms with Gasteiger partial charge in [0.15, 0.2) is 0 Å². The van der Waals surface area contributed by atoms with Crippen molar-refractivity contribution in [3.8, 4) is 0 Å². The van der Waals surface area contributed by atoms with E-state index < -0.39 is 0 Å². The number of aryl methyl sites for hydroxylation is 2. The smallest absolute Gasteiger partial charge is 0.126 e. The van der Waals surface area contributed by atoms with Crippen molar-refractivity contribution in [1.29, 1.82) is 0 Å². The molecule has 0 radical (unpaired) electrons. The summed E-state index contributed by atoms with van der Waals surface area (Å²) in [5.41, 5.74) is 8.49. The normalized spacial score (nSPS) is 12.7. The van der Waals surface area contributed by atoms with E-state index in [9.17, 15) is 4.39 Å². The van der Waals surface area contributed by atoms with Crippen molar-refractivity contribution < 1.29 is 4.39 Å². The molecule has 2 N–H and O–H groups in total.